The Morgan fingerprint density at radius 1 is 1.42 bits per heavy atom. The Hall–Kier alpha value is -0.606. The van der Waals surface area contributed by atoms with Crippen LogP contribution in [-0.4, -0.2) is 19.8 Å². The molecule has 2 heteroatoms. The largest absolute Gasteiger partial charge is 0.104 e. The van der Waals surface area contributed by atoms with Gasteiger partial charge in [-0.25, -0.2) is 0 Å². The maximum Gasteiger partial charge on any atom is 0.0567 e. The Labute approximate surface area is 81.0 Å². The smallest absolute Gasteiger partial charge is 0.0567 e. The van der Waals surface area contributed by atoms with Gasteiger partial charge in [0.25, 0.3) is 0 Å². The van der Waals surface area contributed by atoms with Crippen LogP contribution < -0.4 is 0 Å². The lowest BCUT2D eigenvalue weighted by Gasteiger charge is -1.99. The predicted octanol–water partition coefficient (Wildman–Crippen LogP) is 1.10. The first kappa shape index (κ1) is 11.4. The van der Waals surface area contributed by atoms with Crippen molar-refractivity contribution in [3.63, 3.8) is 0 Å². The van der Waals surface area contributed by atoms with E-state index in [0.717, 1.165) is 16.7 Å². The van der Waals surface area contributed by atoms with E-state index in [2.05, 4.69) is 31.5 Å². The van der Waals surface area contributed by atoms with Crippen molar-refractivity contribution in [3.8, 4) is 0 Å². The van der Waals surface area contributed by atoms with Crippen LogP contribution in [0.5, 0.6) is 0 Å². The summed E-state index contributed by atoms with van der Waals surface area (Å²) >= 11 is 0. The third-order valence-corrected chi connectivity index (χ3v) is 3.87. The summed E-state index contributed by atoms with van der Waals surface area (Å²) in [7, 11) is 0.953. The van der Waals surface area contributed by atoms with Gasteiger partial charge in [-0.3, -0.25) is 0 Å². The van der Waals surface area contributed by atoms with Gasteiger partial charge in [-0.05, 0) is 12.0 Å². The maximum atomic E-state index is 3.90. The molecule has 0 aliphatic carbocycles. The molecule has 0 saturated heterocycles. The molecule has 0 aromatic carbocycles. The summed E-state index contributed by atoms with van der Waals surface area (Å²) in [4.78, 5) is 0. The highest BCUT2D eigenvalue weighted by Crippen LogP contribution is 2.05. The lowest BCUT2D eigenvalue weighted by atomic mass is 10.4. The highest BCUT2D eigenvalue weighted by atomic mass is 28.2. The molecule has 0 unspecified atom stereocenters. The van der Waals surface area contributed by atoms with Crippen molar-refractivity contribution in [2.45, 2.75) is 12.0 Å². The quantitative estimate of drug-likeness (QED) is 0.439. The maximum absolute atomic E-state index is 3.90. The second-order valence-electron chi connectivity index (χ2n) is 3.00. The topological polar surface area (TPSA) is 0 Å². The van der Waals surface area contributed by atoms with Crippen LogP contribution >= 0.6 is 0 Å². The molecule has 0 rings (SSSR count). The van der Waals surface area contributed by atoms with Gasteiger partial charge in [-0.1, -0.05) is 23.4 Å². The lowest BCUT2D eigenvalue weighted by molar-refractivity contribution is 1.35. The minimum atomic E-state index is -0.160. The summed E-state index contributed by atoms with van der Waals surface area (Å²) in [5.41, 5.74) is 2.88. The zero-order valence-corrected chi connectivity index (χ0v) is 11.3. The van der Waals surface area contributed by atoms with Crippen LogP contribution in [0.2, 0.25) is 5.54 Å². The van der Waals surface area contributed by atoms with Gasteiger partial charge in [0.05, 0.1) is 9.52 Å². The molecule has 0 spiro atoms. The molecule has 0 aliphatic heterocycles. The van der Waals surface area contributed by atoms with Crippen molar-refractivity contribution >= 4 is 19.8 Å². The van der Waals surface area contributed by atoms with Crippen LogP contribution in [0.3, 0.4) is 0 Å². The van der Waals surface area contributed by atoms with E-state index in [4.69, 9.17) is 0 Å². The van der Waals surface area contributed by atoms with Gasteiger partial charge in [0.15, 0.2) is 0 Å². The molecular weight excluding hydrogens is 176 g/mol. The van der Waals surface area contributed by atoms with E-state index >= 15 is 0 Å². The molecule has 0 bridgehead atoms. The van der Waals surface area contributed by atoms with Crippen LogP contribution in [0.25, 0.3) is 0 Å². The molecule has 0 nitrogen and oxygen atoms in total. The normalized spacial score (nSPS) is 11.8. The Morgan fingerprint density at radius 3 is 2.42 bits per heavy atom. The van der Waals surface area contributed by atoms with Gasteiger partial charge in [0.1, 0.15) is 0 Å². The summed E-state index contributed by atoms with van der Waals surface area (Å²) in [6.45, 7) is 11.4. The van der Waals surface area contributed by atoms with Crippen molar-refractivity contribution in [2.24, 2.45) is 0 Å². The first-order chi connectivity index (χ1) is 5.70. The SMILES string of the molecule is C=CC(C=C)[SiH2]C=CCC(=C)[SiH3]. The summed E-state index contributed by atoms with van der Waals surface area (Å²) in [5.74, 6) is 0. The first-order valence-electron chi connectivity index (χ1n) is 4.25. The van der Waals surface area contributed by atoms with Crippen LogP contribution in [0.4, 0.5) is 0 Å². The molecule has 0 aromatic rings. The molecule has 0 atom stereocenters. The molecule has 0 amide bonds. The van der Waals surface area contributed by atoms with E-state index < -0.39 is 0 Å². The van der Waals surface area contributed by atoms with E-state index in [1.54, 1.807) is 0 Å². The Kier molecular flexibility index (Phi) is 6.71. The molecule has 0 saturated carbocycles. The second-order valence-corrected chi connectivity index (χ2v) is 6.30. The molecular formula is C10H18Si2. The fourth-order valence-electron chi connectivity index (χ4n) is 0.827. The zero-order valence-electron chi connectivity index (χ0n) is 7.92. The molecule has 0 heterocycles. The van der Waals surface area contributed by atoms with Crippen molar-refractivity contribution in [2.75, 3.05) is 0 Å². The Balaban J connectivity index is 3.64. The summed E-state index contributed by atoms with van der Waals surface area (Å²) in [6, 6.07) is 0. The van der Waals surface area contributed by atoms with Crippen LogP contribution in [0.15, 0.2) is 48.9 Å². The van der Waals surface area contributed by atoms with Crippen molar-refractivity contribution in [1.82, 2.24) is 0 Å². The second kappa shape index (κ2) is 7.07. The minimum absolute atomic E-state index is 0.160. The molecule has 0 N–H and O–H groups in total. The summed E-state index contributed by atoms with van der Waals surface area (Å²) < 4.78 is 0. The average molecular weight is 194 g/mol. The number of hydrogen-bond acceptors (Lipinski definition) is 0. The van der Waals surface area contributed by atoms with Gasteiger partial charge in [-0.2, -0.15) is 0 Å². The van der Waals surface area contributed by atoms with Gasteiger partial charge in [-0.15, -0.1) is 25.4 Å². The molecule has 12 heavy (non-hydrogen) atoms. The average Bonchev–Trinajstić information content (AvgIpc) is 2.04. The molecule has 0 radical (unpaired) electrons. The lowest BCUT2D eigenvalue weighted by Crippen LogP contribution is -1.92. The van der Waals surface area contributed by atoms with Crippen molar-refractivity contribution in [1.29, 1.82) is 0 Å². The highest BCUT2D eigenvalue weighted by Gasteiger charge is 1.93. The van der Waals surface area contributed by atoms with Crippen molar-refractivity contribution in [3.05, 3.63) is 48.9 Å². The van der Waals surface area contributed by atoms with Gasteiger partial charge >= 0.3 is 0 Å². The van der Waals surface area contributed by atoms with E-state index in [9.17, 15) is 0 Å². The minimum Gasteiger partial charge on any atom is -0.104 e. The van der Waals surface area contributed by atoms with Crippen molar-refractivity contribution < 1.29 is 0 Å². The van der Waals surface area contributed by atoms with Crippen LogP contribution in [-0.2, 0) is 0 Å². The Bertz CT molecular complexity index is 184. The number of hydrogen-bond donors (Lipinski definition) is 0. The molecule has 0 aliphatic rings. The molecule has 66 valence electrons. The van der Waals surface area contributed by atoms with E-state index in [1.807, 2.05) is 12.2 Å². The monoisotopic (exact) mass is 194 g/mol. The van der Waals surface area contributed by atoms with Gasteiger partial charge < -0.3 is 0 Å². The van der Waals surface area contributed by atoms with Crippen LogP contribution in [0.1, 0.15) is 6.42 Å². The predicted molar refractivity (Wildman–Crippen MR) is 65.5 cm³/mol. The molecule has 0 fully saturated rings. The fraction of sp³-hybridized carbons (Fsp3) is 0.200. The fourth-order valence-corrected chi connectivity index (χ4v) is 2.12. The van der Waals surface area contributed by atoms with Gasteiger partial charge in [0.2, 0.25) is 0 Å². The third-order valence-electron chi connectivity index (χ3n) is 1.65. The Morgan fingerprint density at radius 2 is 2.00 bits per heavy atom. The first-order valence-corrected chi connectivity index (χ1v) is 6.88. The van der Waals surface area contributed by atoms with E-state index in [1.165, 1.54) is 5.20 Å². The number of rotatable bonds is 6. The van der Waals surface area contributed by atoms with E-state index in [0.29, 0.717) is 5.54 Å². The zero-order chi connectivity index (χ0) is 9.40. The summed E-state index contributed by atoms with van der Waals surface area (Å²) in [6.07, 6.45) is 7.28. The van der Waals surface area contributed by atoms with E-state index in [-0.39, 0.29) is 9.52 Å². The third kappa shape index (κ3) is 6.13. The number of allylic oxidation sites excluding steroid dienone is 4. The van der Waals surface area contributed by atoms with Gasteiger partial charge in [0, 0.05) is 10.2 Å². The standard InChI is InChI=1S/C10H18Si2/c1-4-10(5-2)12-8-6-7-9(3)11/h4-6,8,10H,1-3,7,12H2,11H3. The summed E-state index contributed by atoms with van der Waals surface area (Å²) in [5, 5.41) is 1.36. The van der Waals surface area contributed by atoms with Crippen LogP contribution in [0, 0.1) is 0 Å². The molecule has 0 aromatic heterocycles. The highest BCUT2D eigenvalue weighted by molar-refractivity contribution is 6.45.